The number of hydrogen-bond donors (Lipinski definition) is 0. The summed E-state index contributed by atoms with van der Waals surface area (Å²) in [5.74, 6) is -0.681. The fourth-order valence-electron chi connectivity index (χ4n) is 1.57. The molecule has 0 aromatic heterocycles. The Labute approximate surface area is 88.7 Å². The summed E-state index contributed by atoms with van der Waals surface area (Å²) >= 11 is 0. The summed E-state index contributed by atoms with van der Waals surface area (Å²) in [4.78, 5) is 21.4. The van der Waals surface area contributed by atoms with Crippen molar-refractivity contribution in [2.75, 3.05) is 0 Å². The van der Waals surface area contributed by atoms with E-state index in [0.29, 0.717) is 12.8 Å². The molecule has 86 valence electrons. The summed E-state index contributed by atoms with van der Waals surface area (Å²) in [5.41, 5.74) is 0. The van der Waals surface area contributed by atoms with Crippen LogP contribution >= 0.6 is 0 Å². The van der Waals surface area contributed by atoms with Crippen molar-refractivity contribution in [3.8, 4) is 0 Å². The van der Waals surface area contributed by atoms with E-state index in [-0.39, 0.29) is 24.1 Å². The lowest BCUT2D eigenvalue weighted by Crippen LogP contribution is -2.40. The van der Waals surface area contributed by atoms with Crippen LogP contribution in [0, 0.1) is 0 Å². The molecule has 0 aliphatic carbocycles. The van der Waals surface area contributed by atoms with Crippen molar-refractivity contribution in [1.29, 1.82) is 0 Å². The largest absolute Gasteiger partial charge is 0.460 e. The average molecular weight is 216 g/mol. The molecule has 5 heteroatoms. The molecule has 0 unspecified atom stereocenters. The zero-order valence-corrected chi connectivity index (χ0v) is 9.19. The first-order valence-corrected chi connectivity index (χ1v) is 4.99. The predicted molar refractivity (Wildman–Crippen MR) is 50.9 cm³/mol. The topological polar surface area (TPSA) is 61.8 Å². The third-order valence-corrected chi connectivity index (χ3v) is 2.19. The molecule has 0 saturated carbocycles. The summed E-state index contributed by atoms with van der Waals surface area (Å²) < 4.78 is 15.4. The van der Waals surface area contributed by atoms with Crippen molar-refractivity contribution in [2.24, 2.45) is 0 Å². The molecule has 0 amide bonds. The van der Waals surface area contributed by atoms with Crippen molar-refractivity contribution in [3.63, 3.8) is 0 Å². The first-order chi connectivity index (χ1) is 6.99. The van der Waals surface area contributed by atoms with Gasteiger partial charge < -0.3 is 14.2 Å². The van der Waals surface area contributed by atoms with Crippen LogP contribution < -0.4 is 0 Å². The SMILES string of the molecule is CC(=O)O[C@@H]1CC[C@H](OC(C)=O)[C@H](C)O1. The van der Waals surface area contributed by atoms with Gasteiger partial charge >= 0.3 is 11.9 Å². The number of esters is 2. The molecule has 0 spiro atoms. The molecule has 0 aromatic carbocycles. The third kappa shape index (κ3) is 3.87. The molecule has 5 nitrogen and oxygen atoms in total. The summed E-state index contributed by atoms with van der Waals surface area (Å²) in [6.45, 7) is 4.50. The van der Waals surface area contributed by atoms with Gasteiger partial charge in [0, 0.05) is 20.3 Å². The normalized spacial score (nSPS) is 30.7. The molecule has 1 fully saturated rings. The van der Waals surface area contributed by atoms with Crippen LogP contribution in [0.15, 0.2) is 0 Å². The minimum atomic E-state index is -0.510. The Morgan fingerprint density at radius 3 is 2.20 bits per heavy atom. The molecule has 0 bridgehead atoms. The monoisotopic (exact) mass is 216 g/mol. The average Bonchev–Trinajstić information content (AvgIpc) is 2.08. The Hall–Kier alpha value is -1.10. The first-order valence-electron chi connectivity index (χ1n) is 4.99. The predicted octanol–water partition coefficient (Wildman–Crippen LogP) is 1.01. The lowest BCUT2D eigenvalue weighted by atomic mass is 10.1. The third-order valence-electron chi connectivity index (χ3n) is 2.19. The molecular formula is C10H16O5. The van der Waals surface area contributed by atoms with E-state index in [1.165, 1.54) is 13.8 Å². The van der Waals surface area contributed by atoms with Crippen LogP contribution in [0.4, 0.5) is 0 Å². The summed E-state index contributed by atoms with van der Waals surface area (Å²) in [5, 5.41) is 0. The number of rotatable bonds is 2. The molecule has 15 heavy (non-hydrogen) atoms. The van der Waals surface area contributed by atoms with Gasteiger partial charge in [-0.05, 0) is 13.3 Å². The van der Waals surface area contributed by atoms with Crippen molar-refractivity contribution in [2.45, 2.75) is 52.1 Å². The van der Waals surface area contributed by atoms with Gasteiger partial charge in [0.1, 0.15) is 6.10 Å². The zero-order valence-electron chi connectivity index (χ0n) is 9.19. The van der Waals surface area contributed by atoms with E-state index in [1.807, 2.05) is 0 Å². The van der Waals surface area contributed by atoms with E-state index in [2.05, 4.69) is 0 Å². The van der Waals surface area contributed by atoms with Crippen LogP contribution in [-0.2, 0) is 23.8 Å². The minimum absolute atomic E-state index is 0.241. The molecule has 1 heterocycles. The second kappa shape index (κ2) is 5.11. The van der Waals surface area contributed by atoms with Crippen LogP contribution in [0.2, 0.25) is 0 Å². The first kappa shape index (κ1) is 12.0. The van der Waals surface area contributed by atoms with Crippen LogP contribution in [0.3, 0.4) is 0 Å². The van der Waals surface area contributed by atoms with Crippen molar-refractivity contribution >= 4 is 11.9 Å². The second-order valence-corrected chi connectivity index (χ2v) is 3.61. The van der Waals surface area contributed by atoms with E-state index in [4.69, 9.17) is 14.2 Å². The lowest BCUT2D eigenvalue weighted by molar-refractivity contribution is -0.222. The van der Waals surface area contributed by atoms with Crippen molar-refractivity contribution in [3.05, 3.63) is 0 Å². The molecule has 1 aliphatic heterocycles. The highest BCUT2D eigenvalue weighted by Crippen LogP contribution is 2.22. The van der Waals surface area contributed by atoms with Gasteiger partial charge in [-0.1, -0.05) is 0 Å². The standard InChI is InChI=1S/C10H16O5/c1-6-9(14-7(2)11)4-5-10(13-6)15-8(3)12/h6,9-10H,4-5H2,1-3H3/t6-,9-,10+/m0/s1. The number of carbonyl (C=O) groups is 2. The van der Waals surface area contributed by atoms with Gasteiger partial charge in [-0.2, -0.15) is 0 Å². The van der Waals surface area contributed by atoms with Crippen molar-refractivity contribution < 1.29 is 23.8 Å². The van der Waals surface area contributed by atoms with Gasteiger partial charge in [-0.25, -0.2) is 0 Å². The van der Waals surface area contributed by atoms with E-state index in [0.717, 1.165) is 0 Å². The summed E-state index contributed by atoms with van der Waals surface area (Å²) in [6, 6.07) is 0. The fourth-order valence-corrected chi connectivity index (χ4v) is 1.57. The van der Waals surface area contributed by atoms with Crippen LogP contribution in [-0.4, -0.2) is 30.4 Å². The number of carbonyl (C=O) groups excluding carboxylic acids is 2. The van der Waals surface area contributed by atoms with Gasteiger partial charge in [-0.3, -0.25) is 9.59 Å². The molecule has 1 saturated heterocycles. The minimum Gasteiger partial charge on any atom is -0.460 e. The van der Waals surface area contributed by atoms with E-state index in [9.17, 15) is 9.59 Å². The molecule has 1 aliphatic rings. The van der Waals surface area contributed by atoms with E-state index >= 15 is 0 Å². The second-order valence-electron chi connectivity index (χ2n) is 3.61. The Morgan fingerprint density at radius 1 is 1.13 bits per heavy atom. The highest BCUT2D eigenvalue weighted by Gasteiger charge is 2.31. The Balaban J connectivity index is 2.40. The van der Waals surface area contributed by atoms with Crippen LogP contribution in [0.1, 0.15) is 33.6 Å². The maximum Gasteiger partial charge on any atom is 0.304 e. The number of ether oxygens (including phenoxy) is 3. The Kier molecular flexibility index (Phi) is 4.08. The van der Waals surface area contributed by atoms with Crippen LogP contribution in [0.5, 0.6) is 0 Å². The zero-order chi connectivity index (χ0) is 11.4. The van der Waals surface area contributed by atoms with Gasteiger partial charge in [0.2, 0.25) is 6.29 Å². The Morgan fingerprint density at radius 2 is 1.73 bits per heavy atom. The van der Waals surface area contributed by atoms with E-state index < -0.39 is 6.29 Å². The molecule has 0 radical (unpaired) electrons. The molecular weight excluding hydrogens is 200 g/mol. The number of hydrogen-bond acceptors (Lipinski definition) is 5. The van der Waals surface area contributed by atoms with E-state index in [1.54, 1.807) is 6.92 Å². The highest BCUT2D eigenvalue weighted by atomic mass is 16.7. The fraction of sp³-hybridized carbons (Fsp3) is 0.800. The smallest absolute Gasteiger partial charge is 0.304 e. The highest BCUT2D eigenvalue weighted by molar-refractivity contribution is 5.66. The Bertz CT molecular complexity index is 250. The van der Waals surface area contributed by atoms with Crippen molar-refractivity contribution in [1.82, 2.24) is 0 Å². The maximum absolute atomic E-state index is 10.8. The van der Waals surface area contributed by atoms with Gasteiger partial charge in [0.25, 0.3) is 0 Å². The summed E-state index contributed by atoms with van der Waals surface area (Å²) in [6.07, 6.45) is 0.214. The van der Waals surface area contributed by atoms with Crippen LogP contribution in [0.25, 0.3) is 0 Å². The quantitative estimate of drug-likeness (QED) is 0.644. The molecule has 0 aromatic rings. The summed E-state index contributed by atoms with van der Waals surface area (Å²) in [7, 11) is 0. The van der Waals surface area contributed by atoms with Gasteiger partial charge in [0.15, 0.2) is 0 Å². The maximum atomic E-state index is 10.8. The molecule has 1 rings (SSSR count). The molecule has 3 atom stereocenters. The van der Waals surface area contributed by atoms with Gasteiger partial charge in [-0.15, -0.1) is 0 Å². The van der Waals surface area contributed by atoms with Gasteiger partial charge in [0.05, 0.1) is 6.10 Å². The molecule has 0 N–H and O–H groups in total. The lowest BCUT2D eigenvalue weighted by Gasteiger charge is -2.33.